The highest BCUT2D eigenvalue weighted by atomic mass is 16.5. The predicted octanol–water partition coefficient (Wildman–Crippen LogP) is 8.33. The fourth-order valence-corrected chi connectivity index (χ4v) is 1.84. The average Bonchev–Trinajstić information content (AvgIpc) is 2.95. The number of carboxylic acids is 2. The first kappa shape index (κ1) is 43.3. The topological polar surface area (TPSA) is 127 Å². The summed E-state index contributed by atoms with van der Waals surface area (Å²) in [4.78, 5) is 43.3. The second kappa shape index (κ2) is 20.7. The first-order valence-corrected chi connectivity index (χ1v) is 14.6. The average molecular weight is 595 g/mol. The zero-order valence-corrected chi connectivity index (χ0v) is 28.3. The van der Waals surface area contributed by atoms with Crippen LogP contribution in [0.4, 0.5) is 0 Å². The molecular formula is C34H58O8. The lowest BCUT2D eigenvalue weighted by atomic mass is 9.91. The summed E-state index contributed by atoms with van der Waals surface area (Å²) in [5.41, 5.74) is -0.796. The van der Waals surface area contributed by atoms with Crippen molar-refractivity contribution in [3.05, 3.63) is 48.6 Å². The minimum atomic E-state index is -0.722. The molecule has 0 amide bonds. The third-order valence-electron chi connectivity index (χ3n) is 7.34. The first-order valence-electron chi connectivity index (χ1n) is 14.6. The van der Waals surface area contributed by atoms with Gasteiger partial charge in [-0.25, -0.2) is 0 Å². The molecule has 0 spiro atoms. The van der Waals surface area contributed by atoms with Gasteiger partial charge in [-0.15, -0.1) is 0 Å². The van der Waals surface area contributed by atoms with E-state index in [0.717, 1.165) is 18.4 Å². The lowest BCUT2D eigenvalue weighted by Crippen LogP contribution is -2.25. The zero-order chi connectivity index (χ0) is 33.8. The molecule has 0 aliphatic carbocycles. The van der Waals surface area contributed by atoms with Gasteiger partial charge in [0.25, 0.3) is 0 Å². The van der Waals surface area contributed by atoms with Crippen molar-refractivity contribution in [2.75, 3.05) is 6.61 Å². The Morgan fingerprint density at radius 2 is 0.976 bits per heavy atom. The molecule has 242 valence electrons. The second-order valence-electron chi connectivity index (χ2n) is 12.5. The van der Waals surface area contributed by atoms with E-state index >= 15 is 0 Å². The van der Waals surface area contributed by atoms with Crippen molar-refractivity contribution in [1.82, 2.24) is 0 Å². The largest absolute Gasteiger partial charge is 0.481 e. The van der Waals surface area contributed by atoms with Gasteiger partial charge in [0.05, 0.1) is 21.7 Å². The lowest BCUT2D eigenvalue weighted by molar-refractivity contribution is -0.155. The Kier molecular flexibility index (Phi) is 21.3. The third-order valence-corrected chi connectivity index (χ3v) is 7.34. The highest BCUT2D eigenvalue weighted by Crippen LogP contribution is 2.23. The molecule has 0 aliphatic rings. The van der Waals surface area contributed by atoms with Crippen LogP contribution in [-0.2, 0) is 35.3 Å². The second-order valence-corrected chi connectivity index (χ2v) is 12.5. The molecule has 8 nitrogen and oxygen atoms in total. The van der Waals surface area contributed by atoms with E-state index in [0.29, 0.717) is 26.1 Å². The van der Waals surface area contributed by atoms with Crippen molar-refractivity contribution >= 4 is 23.9 Å². The van der Waals surface area contributed by atoms with Crippen molar-refractivity contribution < 1.29 is 38.9 Å². The van der Waals surface area contributed by atoms with Gasteiger partial charge in [-0.05, 0) is 86.6 Å². The van der Waals surface area contributed by atoms with E-state index in [1.165, 1.54) is 0 Å². The number of hydrogen-bond acceptors (Lipinski definition) is 6. The molecule has 0 fully saturated rings. The Morgan fingerprint density at radius 1 is 0.643 bits per heavy atom. The smallest absolute Gasteiger partial charge is 0.311 e. The molecule has 0 bridgehead atoms. The Hall–Kier alpha value is -3.16. The molecule has 0 radical (unpaired) electrons. The van der Waals surface area contributed by atoms with Crippen LogP contribution in [0.3, 0.4) is 0 Å². The number of hydrogen-bond donors (Lipinski definition) is 2. The molecule has 0 aliphatic heterocycles. The molecule has 1 aromatic rings. The lowest BCUT2D eigenvalue weighted by Gasteiger charge is -2.20. The number of carboxylic acid groups (broad SMARTS) is 2. The molecule has 0 saturated heterocycles. The molecular weight excluding hydrogens is 536 g/mol. The van der Waals surface area contributed by atoms with E-state index in [1.54, 1.807) is 33.8 Å². The predicted molar refractivity (Wildman–Crippen MR) is 169 cm³/mol. The maximum absolute atomic E-state index is 11.6. The quantitative estimate of drug-likeness (QED) is 0.183. The number of rotatable bonds is 12. The zero-order valence-electron chi connectivity index (χ0n) is 28.3. The summed E-state index contributed by atoms with van der Waals surface area (Å²) in [7, 11) is 0. The van der Waals surface area contributed by atoms with Crippen molar-refractivity contribution in [3.8, 4) is 0 Å². The number of ether oxygens (including phenoxy) is 2. The van der Waals surface area contributed by atoms with Gasteiger partial charge in [0, 0.05) is 0 Å². The van der Waals surface area contributed by atoms with Gasteiger partial charge in [0.2, 0.25) is 0 Å². The molecule has 0 aromatic heterocycles. The number of carbonyl (C=O) groups is 4. The number of esters is 2. The van der Waals surface area contributed by atoms with E-state index in [9.17, 15) is 19.2 Å². The maximum atomic E-state index is 11.6. The highest BCUT2D eigenvalue weighted by molar-refractivity contribution is 5.76. The van der Waals surface area contributed by atoms with Gasteiger partial charge in [-0.3, -0.25) is 19.2 Å². The highest BCUT2D eigenvalue weighted by Gasteiger charge is 2.27. The van der Waals surface area contributed by atoms with Crippen LogP contribution in [0.25, 0.3) is 0 Å². The molecule has 42 heavy (non-hydrogen) atoms. The molecule has 8 heteroatoms. The van der Waals surface area contributed by atoms with Crippen LogP contribution in [0.2, 0.25) is 0 Å². The molecule has 1 aromatic carbocycles. The molecule has 0 saturated carbocycles. The van der Waals surface area contributed by atoms with Gasteiger partial charge < -0.3 is 19.7 Å². The third kappa shape index (κ3) is 19.1. The molecule has 2 N–H and O–H groups in total. The van der Waals surface area contributed by atoms with Gasteiger partial charge in [0.1, 0.15) is 13.2 Å². The van der Waals surface area contributed by atoms with Crippen LogP contribution in [0.1, 0.15) is 114 Å². The summed E-state index contributed by atoms with van der Waals surface area (Å²) in [6.45, 7) is 26.3. The SMILES string of the molecule is C=CCOC(=O)C(C)(C)CC.CCC(C)(C)C(=O)O.CCC(C)(C)C(=O)O.CCC(C)(C)C(=O)OCc1ccccc1. The number of carbonyl (C=O) groups excluding carboxylic acids is 2. The van der Waals surface area contributed by atoms with E-state index < -0.39 is 22.8 Å². The summed E-state index contributed by atoms with van der Waals surface area (Å²) in [6.07, 6.45) is 4.53. The molecule has 0 atom stereocenters. The molecule has 0 heterocycles. The Morgan fingerprint density at radius 3 is 1.24 bits per heavy atom. The summed E-state index contributed by atoms with van der Waals surface area (Å²) < 4.78 is 10.1. The number of aliphatic carboxylic acids is 2. The maximum Gasteiger partial charge on any atom is 0.311 e. The van der Waals surface area contributed by atoms with Crippen LogP contribution in [0, 0.1) is 21.7 Å². The van der Waals surface area contributed by atoms with Gasteiger partial charge in [-0.1, -0.05) is 70.7 Å². The van der Waals surface area contributed by atoms with Gasteiger partial charge in [0.15, 0.2) is 0 Å². The summed E-state index contributed by atoms with van der Waals surface area (Å²) in [5.74, 6) is -1.73. The summed E-state index contributed by atoms with van der Waals surface area (Å²) in [5, 5.41) is 16.9. The Labute approximate surface area is 254 Å². The number of benzene rings is 1. The van der Waals surface area contributed by atoms with Crippen LogP contribution in [0.15, 0.2) is 43.0 Å². The van der Waals surface area contributed by atoms with Crippen molar-refractivity contribution in [3.63, 3.8) is 0 Å². The molecule has 0 unspecified atom stereocenters. The van der Waals surface area contributed by atoms with E-state index in [2.05, 4.69) is 6.58 Å². The Bertz CT molecular complexity index is 918. The van der Waals surface area contributed by atoms with Crippen LogP contribution in [-0.4, -0.2) is 40.7 Å². The van der Waals surface area contributed by atoms with E-state index in [4.69, 9.17) is 19.7 Å². The monoisotopic (exact) mass is 594 g/mol. The first-order chi connectivity index (χ1) is 19.1. The standard InChI is InChI=1S/C13H18O2.C9H16O2.2C6H12O2/c1-4-13(2,3)12(14)15-10-11-8-6-5-7-9-11;1-5-7-11-8(10)9(3,4)6-2;2*1-4-6(2,3)5(7)8/h5-9H,4,10H2,1-3H3;5H,1,6-7H2,2-4H3;2*4H2,1-3H3,(H,7,8). The van der Waals surface area contributed by atoms with Gasteiger partial charge in [-0.2, -0.15) is 0 Å². The normalized spacial score (nSPS) is 11.1. The summed E-state index contributed by atoms with van der Waals surface area (Å²) in [6, 6.07) is 9.72. The van der Waals surface area contributed by atoms with Crippen LogP contribution >= 0.6 is 0 Å². The van der Waals surface area contributed by atoms with E-state index in [1.807, 2.05) is 85.7 Å². The fraction of sp³-hybridized carbons (Fsp3) is 0.647. The van der Waals surface area contributed by atoms with Crippen molar-refractivity contribution in [2.24, 2.45) is 21.7 Å². The minimum Gasteiger partial charge on any atom is -0.481 e. The van der Waals surface area contributed by atoms with Gasteiger partial charge >= 0.3 is 23.9 Å². The summed E-state index contributed by atoms with van der Waals surface area (Å²) >= 11 is 0. The minimum absolute atomic E-state index is 0.131. The van der Waals surface area contributed by atoms with E-state index in [-0.39, 0.29) is 22.8 Å². The Balaban J connectivity index is -0.000000503. The van der Waals surface area contributed by atoms with Crippen molar-refractivity contribution in [2.45, 2.75) is 115 Å². The van der Waals surface area contributed by atoms with Crippen molar-refractivity contribution in [1.29, 1.82) is 0 Å². The van der Waals surface area contributed by atoms with Crippen LogP contribution < -0.4 is 0 Å². The molecule has 1 rings (SSSR count). The van der Waals surface area contributed by atoms with Crippen LogP contribution in [0.5, 0.6) is 0 Å². The fourth-order valence-electron chi connectivity index (χ4n) is 1.84.